The molecule has 0 aliphatic heterocycles. The van der Waals surface area contributed by atoms with Gasteiger partial charge in [-0.15, -0.1) is 0 Å². The topological polar surface area (TPSA) is 36.9 Å². The minimum Gasteiger partial charge on any atom is -0.438 e. The molecule has 0 radical (unpaired) electrons. The summed E-state index contributed by atoms with van der Waals surface area (Å²) >= 11 is 0. The van der Waals surface area contributed by atoms with Gasteiger partial charge in [-0.25, -0.2) is 0 Å². The summed E-state index contributed by atoms with van der Waals surface area (Å²) in [5.41, 5.74) is 1.04. The smallest absolute Gasteiger partial charge is 0.389 e. The molecular formula is C32H52O4Si5. The van der Waals surface area contributed by atoms with Crippen LogP contribution in [0.15, 0.2) is 91.0 Å². The van der Waals surface area contributed by atoms with Gasteiger partial charge >= 0.3 is 25.7 Å². The lowest BCUT2D eigenvalue weighted by Gasteiger charge is -2.47. The lowest BCUT2D eigenvalue weighted by atomic mass is 10.4. The van der Waals surface area contributed by atoms with Crippen molar-refractivity contribution in [3.8, 4) is 0 Å². The molecule has 4 nitrogen and oxygen atoms in total. The van der Waals surface area contributed by atoms with Crippen LogP contribution in [-0.2, 0) is 16.5 Å². The van der Waals surface area contributed by atoms with Crippen LogP contribution in [0, 0.1) is 0 Å². The summed E-state index contributed by atoms with van der Waals surface area (Å²) in [7, 11) is -12.7. The maximum atomic E-state index is 7.80. The van der Waals surface area contributed by atoms with Crippen LogP contribution in [0.25, 0.3) is 0 Å². The van der Waals surface area contributed by atoms with Gasteiger partial charge in [-0.2, -0.15) is 0 Å². The van der Waals surface area contributed by atoms with Crippen LogP contribution in [-0.4, -0.2) is 43.0 Å². The van der Waals surface area contributed by atoms with Gasteiger partial charge in [0.2, 0.25) is 0 Å². The highest BCUT2D eigenvalue weighted by Gasteiger charge is 2.56. The highest BCUT2D eigenvalue weighted by atomic mass is 28.5. The molecule has 0 saturated heterocycles. The molecule has 0 saturated carbocycles. The zero-order chi connectivity index (χ0) is 30.3. The van der Waals surface area contributed by atoms with Gasteiger partial charge < -0.3 is 16.5 Å². The lowest BCUT2D eigenvalue weighted by molar-refractivity contribution is 0.305. The van der Waals surface area contributed by atoms with E-state index in [9.17, 15) is 0 Å². The third kappa shape index (κ3) is 8.58. The largest absolute Gasteiger partial charge is 0.438 e. The van der Waals surface area contributed by atoms with Crippen LogP contribution in [0.3, 0.4) is 0 Å². The van der Waals surface area contributed by atoms with Crippen molar-refractivity contribution in [1.82, 2.24) is 0 Å². The first-order valence-corrected chi connectivity index (χ1v) is 26.8. The Hall–Kier alpha value is -1.42. The first kappa shape index (κ1) is 34.1. The minimum absolute atomic E-state index is 0.521. The van der Waals surface area contributed by atoms with Gasteiger partial charge in [0.05, 0.1) is 0 Å². The van der Waals surface area contributed by atoms with Crippen molar-refractivity contribution in [3.63, 3.8) is 0 Å². The molecule has 1 atom stereocenters. The van der Waals surface area contributed by atoms with E-state index in [1.54, 1.807) is 0 Å². The van der Waals surface area contributed by atoms with Crippen molar-refractivity contribution in [2.24, 2.45) is 0 Å². The Morgan fingerprint density at radius 2 is 0.951 bits per heavy atom. The van der Waals surface area contributed by atoms with Gasteiger partial charge in [-0.1, -0.05) is 133 Å². The fraction of sp³-hybridized carbons (Fsp3) is 0.438. The van der Waals surface area contributed by atoms with Crippen molar-refractivity contribution < 1.29 is 16.5 Å². The molecule has 0 aliphatic rings. The molecule has 3 aromatic carbocycles. The van der Waals surface area contributed by atoms with E-state index >= 15 is 0 Å². The molecule has 0 spiro atoms. The SMILES string of the molecule is CC[Si](CC)(O[SiH](C(C)C)C(C)C)O[Si](O[Si](C)(O[Si](C)(C)C)c1ccccc1)(c1ccccc1)c1ccccc1. The standard InChI is InChI=1S/C32H52O4Si5/c1-11-40(12-2,33-37(28(3)4)29(5)6)36-41(31-24-18-14-19-25-31,32-26-20-15-21-27-32)35-39(10,34-38(7,8)9)30-22-16-13-17-23-30/h13-29,37H,11-12H2,1-10H3. The number of hydrogen-bond acceptors (Lipinski definition) is 4. The summed E-state index contributed by atoms with van der Waals surface area (Å²) in [6.45, 7) is 22.8. The van der Waals surface area contributed by atoms with Crippen LogP contribution >= 0.6 is 0 Å². The van der Waals surface area contributed by atoms with E-state index in [1.165, 1.54) is 0 Å². The van der Waals surface area contributed by atoms with Crippen molar-refractivity contribution >= 4 is 58.6 Å². The maximum absolute atomic E-state index is 7.80. The van der Waals surface area contributed by atoms with E-state index in [0.717, 1.165) is 27.6 Å². The minimum atomic E-state index is -3.36. The average molecular weight is 641 g/mol. The van der Waals surface area contributed by atoms with E-state index < -0.39 is 43.0 Å². The van der Waals surface area contributed by atoms with Crippen LogP contribution in [0.1, 0.15) is 41.5 Å². The van der Waals surface area contributed by atoms with Crippen LogP contribution in [0.4, 0.5) is 0 Å². The summed E-state index contributed by atoms with van der Waals surface area (Å²) in [5, 5.41) is 3.34. The Balaban J connectivity index is 2.34. The van der Waals surface area contributed by atoms with E-state index in [1.807, 2.05) is 0 Å². The molecule has 0 fully saturated rings. The summed E-state index contributed by atoms with van der Waals surface area (Å²) in [5.74, 6) is 0. The lowest BCUT2D eigenvalue weighted by Crippen LogP contribution is -2.75. The second-order valence-corrected chi connectivity index (χ2v) is 32.1. The van der Waals surface area contributed by atoms with E-state index in [-0.39, 0.29) is 0 Å². The van der Waals surface area contributed by atoms with Crippen molar-refractivity contribution in [2.75, 3.05) is 0 Å². The Labute approximate surface area is 256 Å². The van der Waals surface area contributed by atoms with Gasteiger partial charge in [-0.3, -0.25) is 0 Å². The van der Waals surface area contributed by atoms with Crippen molar-refractivity contribution in [2.45, 2.75) is 90.9 Å². The summed E-state index contributed by atoms with van der Waals surface area (Å²) in [6.07, 6.45) is 0. The Morgan fingerprint density at radius 1 is 0.561 bits per heavy atom. The zero-order valence-corrected chi connectivity index (χ0v) is 32.1. The monoisotopic (exact) mass is 640 g/mol. The van der Waals surface area contributed by atoms with Gasteiger partial charge in [0.25, 0.3) is 0 Å². The molecule has 9 heteroatoms. The van der Waals surface area contributed by atoms with Crippen LogP contribution < -0.4 is 15.6 Å². The second kappa shape index (κ2) is 14.4. The maximum Gasteiger partial charge on any atom is 0.389 e. The number of benzene rings is 3. The van der Waals surface area contributed by atoms with Crippen molar-refractivity contribution in [3.05, 3.63) is 91.0 Å². The predicted octanol–water partition coefficient (Wildman–Crippen LogP) is 7.15. The van der Waals surface area contributed by atoms with Gasteiger partial charge in [0.1, 0.15) is 0 Å². The summed E-state index contributed by atoms with van der Waals surface area (Å²) in [4.78, 5) is 0. The molecule has 0 amide bonds. The normalized spacial score (nSPS) is 14.6. The van der Waals surface area contributed by atoms with E-state index in [4.69, 9.17) is 16.5 Å². The Bertz CT molecular complexity index is 1140. The van der Waals surface area contributed by atoms with Crippen LogP contribution in [0.5, 0.6) is 0 Å². The van der Waals surface area contributed by atoms with Crippen LogP contribution in [0.2, 0.25) is 49.4 Å². The molecule has 0 N–H and O–H groups in total. The summed E-state index contributed by atoms with van der Waals surface area (Å²) in [6, 6.07) is 33.7. The molecule has 0 aliphatic carbocycles. The van der Waals surface area contributed by atoms with E-state index in [2.05, 4.69) is 159 Å². The second-order valence-electron chi connectivity index (χ2n) is 12.8. The number of rotatable bonds is 15. The molecule has 41 heavy (non-hydrogen) atoms. The molecule has 3 rings (SSSR count). The molecule has 0 heterocycles. The third-order valence-electron chi connectivity index (χ3n) is 7.52. The first-order chi connectivity index (χ1) is 19.3. The average Bonchev–Trinajstić information content (AvgIpc) is 2.95. The van der Waals surface area contributed by atoms with Gasteiger partial charge in [-0.05, 0) is 64.9 Å². The van der Waals surface area contributed by atoms with Gasteiger partial charge in [0.15, 0.2) is 17.4 Å². The third-order valence-corrected chi connectivity index (χ3v) is 28.0. The fourth-order valence-electron chi connectivity index (χ4n) is 5.61. The van der Waals surface area contributed by atoms with E-state index in [0.29, 0.717) is 11.1 Å². The number of hydrogen-bond donors (Lipinski definition) is 0. The zero-order valence-electron chi connectivity index (χ0n) is 26.9. The first-order valence-electron chi connectivity index (χ1n) is 15.2. The summed E-state index contributed by atoms with van der Waals surface area (Å²) < 4.78 is 30.1. The molecule has 224 valence electrons. The highest BCUT2D eigenvalue weighted by molar-refractivity contribution is 7.04. The fourth-order valence-corrected chi connectivity index (χ4v) is 30.2. The molecule has 1 unspecified atom stereocenters. The molecule has 0 bridgehead atoms. The molecular weight excluding hydrogens is 589 g/mol. The Morgan fingerprint density at radius 3 is 1.29 bits per heavy atom. The highest BCUT2D eigenvalue weighted by Crippen LogP contribution is 2.33. The molecule has 0 aromatic heterocycles. The predicted molar refractivity (Wildman–Crippen MR) is 187 cm³/mol. The van der Waals surface area contributed by atoms with Crippen molar-refractivity contribution in [1.29, 1.82) is 0 Å². The molecule has 3 aromatic rings. The Kier molecular flexibility index (Phi) is 11.9. The quantitative estimate of drug-likeness (QED) is 0.165. The van der Waals surface area contributed by atoms with Gasteiger partial charge in [0, 0.05) is 0 Å².